The summed E-state index contributed by atoms with van der Waals surface area (Å²) in [5.41, 5.74) is 5.03. The van der Waals surface area contributed by atoms with Crippen molar-refractivity contribution in [3.8, 4) is 5.69 Å². The molecule has 34 heavy (non-hydrogen) atoms. The average molecular weight is 456 g/mol. The summed E-state index contributed by atoms with van der Waals surface area (Å²) in [5, 5.41) is 0.474. The molecular formula is C27H25N3O4. The van der Waals surface area contributed by atoms with Crippen LogP contribution in [0, 0.1) is 20.8 Å². The van der Waals surface area contributed by atoms with Crippen LogP contribution in [0.15, 0.2) is 53.3 Å². The molecular weight excluding hydrogens is 430 g/mol. The van der Waals surface area contributed by atoms with Crippen molar-refractivity contribution in [1.82, 2.24) is 14.1 Å². The fourth-order valence-electron chi connectivity index (χ4n) is 4.64. The molecule has 0 bridgehead atoms. The third-order valence-electron chi connectivity index (χ3n) is 6.41. The van der Waals surface area contributed by atoms with Crippen LogP contribution in [0.4, 0.5) is 0 Å². The molecule has 0 saturated heterocycles. The van der Waals surface area contributed by atoms with Gasteiger partial charge in [0, 0.05) is 35.6 Å². The number of rotatable bonds is 5. The van der Waals surface area contributed by atoms with Gasteiger partial charge in [0.05, 0.1) is 16.5 Å². The number of aromatic nitrogens is 3. The van der Waals surface area contributed by atoms with Crippen LogP contribution in [0.3, 0.4) is 0 Å². The minimum Gasteiger partial charge on any atom is -0.454 e. The van der Waals surface area contributed by atoms with E-state index >= 15 is 0 Å². The molecule has 0 fully saturated rings. The second kappa shape index (κ2) is 8.41. The van der Waals surface area contributed by atoms with Crippen molar-refractivity contribution in [3.05, 3.63) is 92.8 Å². The lowest BCUT2D eigenvalue weighted by Gasteiger charge is -2.10. The van der Waals surface area contributed by atoms with Gasteiger partial charge in [-0.1, -0.05) is 17.7 Å². The first-order valence-electron chi connectivity index (χ1n) is 11.3. The molecule has 7 heteroatoms. The Hall–Kier alpha value is -4.00. The predicted octanol–water partition coefficient (Wildman–Crippen LogP) is 4.10. The number of aryl methyl sites for hydroxylation is 3. The largest absolute Gasteiger partial charge is 0.454 e. The summed E-state index contributed by atoms with van der Waals surface area (Å²) in [6.45, 7) is 6.16. The van der Waals surface area contributed by atoms with E-state index in [9.17, 15) is 14.4 Å². The van der Waals surface area contributed by atoms with E-state index in [-0.39, 0.29) is 23.5 Å². The summed E-state index contributed by atoms with van der Waals surface area (Å²) in [5.74, 6) is -0.151. The zero-order chi connectivity index (χ0) is 24.0. The minimum atomic E-state index is -0.620. The topological polar surface area (TPSA) is 83.2 Å². The highest BCUT2D eigenvalue weighted by molar-refractivity contribution is 6.01. The van der Waals surface area contributed by atoms with Crippen molar-refractivity contribution >= 4 is 22.7 Å². The summed E-state index contributed by atoms with van der Waals surface area (Å²) in [7, 11) is 0. The van der Waals surface area contributed by atoms with Crippen LogP contribution in [0.1, 0.15) is 49.9 Å². The smallest absolute Gasteiger partial charge is 0.338 e. The number of carbonyl (C=O) groups is 2. The van der Waals surface area contributed by atoms with Crippen molar-refractivity contribution < 1.29 is 14.3 Å². The molecule has 1 aliphatic heterocycles. The Morgan fingerprint density at radius 3 is 2.56 bits per heavy atom. The van der Waals surface area contributed by atoms with E-state index in [1.54, 1.807) is 22.8 Å². The molecule has 3 heterocycles. The first kappa shape index (κ1) is 21.8. The molecule has 0 amide bonds. The second-order valence-corrected chi connectivity index (χ2v) is 8.78. The van der Waals surface area contributed by atoms with Gasteiger partial charge >= 0.3 is 5.97 Å². The highest BCUT2D eigenvalue weighted by atomic mass is 16.5. The van der Waals surface area contributed by atoms with Gasteiger partial charge in [-0.2, -0.15) is 0 Å². The highest BCUT2D eigenvalue weighted by Crippen LogP contribution is 2.22. The third-order valence-corrected chi connectivity index (χ3v) is 6.41. The Kier molecular flexibility index (Phi) is 5.40. The first-order valence-corrected chi connectivity index (χ1v) is 11.3. The van der Waals surface area contributed by atoms with Gasteiger partial charge in [-0.15, -0.1) is 0 Å². The molecule has 0 spiro atoms. The monoisotopic (exact) mass is 455 g/mol. The molecule has 0 unspecified atom stereocenters. The predicted molar refractivity (Wildman–Crippen MR) is 129 cm³/mol. The van der Waals surface area contributed by atoms with Crippen LogP contribution in [-0.4, -0.2) is 32.5 Å². The van der Waals surface area contributed by atoms with Gasteiger partial charge in [0.15, 0.2) is 6.61 Å². The quantitative estimate of drug-likeness (QED) is 0.334. The fourth-order valence-corrected chi connectivity index (χ4v) is 4.64. The molecule has 1 aliphatic rings. The zero-order valence-electron chi connectivity index (χ0n) is 19.4. The number of hydrogen-bond acceptors (Lipinski definition) is 5. The number of ketones is 1. The molecule has 0 atom stereocenters. The molecule has 7 nitrogen and oxygen atoms in total. The maximum absolute atomic E-state index is 12.9. The highest BCUT2D eigenvalue weighted by Gasteiger charge is 2.20. The van der Waals surface area contributed by atoms with E-state index in [1.807, 2.05) is 55.7 Å². The van der Waals surface area contributed by atoms with Gasteiger partial charge in [0.2, 0.25) is 5.78 Å². The average Bonchev–Trinajstić information content (AvgIpc) is 3.42. The lowest BCUT2D eigenvalue weighted by molar-refractivity contribution is 0.0474. The van der Waals surface area contributed by atoms with Crippen LogP contribution in [0.5, 0.6) is 0 Å². The Balaban J connectivity index is 1.34. The van der Waals surface area contributed by atoms with E-state index in [2.05, 4.69) is 4.98 Å². The van der Waals surface area contributed by atoms with Gasteiger partial charge in [0.25, 0.3) is 5.56 Å². The number of carbonyl (C=O) groups excluding carboxylic acids is 2. The van der Waals surface area contributed by atoms with Crippen molar-refractivity contribution in [1.29, 1.82) is 0 Å². The zero-order valence-corrected chi connectivity index (χ0v) is 19.4. The molecule has 2 aromatic heterocycles. The van der Waals surface area contributed by atoms with Crippen molar-refractivity contribution in [2.45, 2.75) is 40.2 Å². The maximum Gasteiger partial charge on any atom is 0.338 e. The molecule has 0 aliphatic carbocycles. The van der Waals surface area contributed by atoms with Crippen LogP contribution in [0.25, 0.3) is 16.6 Å². The third kappa shape index (κ3) is 3.73. The fraction of sp³-hybridized carbons (Fsp3) is 0.259. The number of esters is 1. The van der Waals surface area contributed by atoms with Gasteiger partial charge in [-0.3, -0.25) is 14.2 Å². The van der Waals surface area contributed by atoms with Crippen LogP contribution in [-0.2, 0) is 17.7 Å². The molecule has 2 aromatic carbocycles. The normalized spacial score (nSPS) is 12.7. The summed E-state index contributed by atoms with van der Waals surface area (Å²) in [6, 6.07) is 14.6. The Labute approximate surface area is 196 Å². The van der Waals surface area contributed by atoms with Crippen LogP contribution in [0.2, 0.25) is 0 Å². The van der Waals surface area contributed by atoms with E-state index in [1.165, 1.54) is 0 Å². The number of benzene rings is 2. The lowest BCUT2D eigenvalue weighted by Crippen LogP contribution is -2.21. The number of ether oxygens (including phenoxy) is 1. The van der Waals surface area contributed by atoms with Crippen molar-refractivity contribution in [2.24, 2.45) is 0 Å². The molecule has 172 valence electrons. The molecule has 0 radical (unpaired) electrons. The Bertz CT molecular complexity index is 1510. The maximum atomic E-state index is 12.9. The number of hydrogen-bond donors (Lipinski definition) is 0. The SMILES string of the molecule is Cc1ccc(-n2c(C)cc(C(=O)COC(=O)c3ccc4c(=O)n5c(nc4c3)CCC5)c2C)cc1. The molecule has 0 N–H and O–H groups in total. The van der Waals surface area contributed by atoms with Crippen molar-refractivity contribution in [2.75, 3.05) is 6.61 Å². The lowest BCUT2D eigenvalue weighted by atomic mass is 10.1. The molecule has 0 saturated carbocycles. The summed E-state index contributed by atoms with van der Waals surface area (Å²) in [4.78, 5) is 42.7. The Morgan fingerprint density at radius 1 is 1.03 bits per heavy atom. The summed E-state index contributed by atoms with van der Waals surface area (Å²) in [6.07, 6.45) is 1.63. The van der Waals surface area contributed by atoms with Gasteiger partial charge < -0.3 is 9.30 Å². The minimum absolute atomic E-state index is 0.0865. The van der Waals surface area contributed by atoms with Crippen molar-refractivity contribution in [3.63, 3.8) is 0 Å². The van der Waals surface area contributed by atoms with E-state index in [0.717, 1.165) is 41.3 Å². The van der Waals surface area contributed by atoms with E-state index < -0.39 is 5.97 Å². The van der Waals surface area contributed by atoms with Crippen LogP contribution >= 0.6 is 0 Å². The Morgan fingerprint density at radius 2 is 1.79 bits per heavy atom. The summed E-state index contributed by atoms with van der Waals surface area (Å²) < 4.78 is 9.03. The number of Topliss-reactive ketones (excluding diaryl/α,β-unsaturated/α-hetero) is 1. The molecule has 4 aromatic rings. The van der Waals surface area contributed by atoms with E-state index in [0.29, 0.717) is 23.0 Å². The van der Waals surface area contributed by atoms with Crippen LogP contribution < -0.4 is 5.56 Å². The first-order chi connectivity index (χ1) is 16.3. The van der Waals surface area contributed by atoms with E-state index in [4.69, 9.17) is 4.74 Å². The van der Waals surface area contributed by atoms with Gasteiger partial charge in [0.1, 0.15) is 5.82 Å². The number of nitrogens with zero attached hydrogens (tertiary/aromatic N) is 3. The number of fused-ring (bicyclic) bond motifs is 2. The van der Waals surface area contributed by atoms with Gasteiger partial charge in [-0.25, -0.2) is 9.78 Å². The van der Waals surface area contributed by atoms with Gasteiger partial charge in [-0.05, 0) is 63.6 Å². The molecule has 5 rings (SSSR count). The second-order valence-electron chi connectivity index (χ2n) is 8.78. The summed E-state index contributed by atoms with van der Waals surface area (Å²) >= 11 is 0. The standard InChI is InChI=1S/C27H25N3O4/c1-16-6-9-20(10-7-16)30-17(2)13-22(18(30)3)24(31)15-34-27(33)19-8-11-21-23(14-19)28-25-5-4-12-29(25)26(21)32/h6-11,13-14H,4-5,12,15H2,1-3H3.